The molecule has 2 aromatic rings. The maximum absolute atomic E-state index is 11.2. The Balaban J connectivity index is 2.48. The molecule has 0 bridgehead atoms. The van der Waals surface area contributed by atoms with Crippen molar-refractivity contribution < 1.29 is 9.15 Å². The maximum atomic E-state index is 11.2. The van der Waals surface area contributed by atoms with Crippen LogP contribution in [0.25, 0.3) is 11.0 Å². The fraction of sp³-hybridized carbons (Fsp3) is 0.267. The van der Waals surface area contributed by atoms with Gasteiger partial charge in [0.05, 0.1) is 7.11 Å². The van der Waals surface area contributed by atoms with Crippen molar-refractivity contribution >= 4 is 11.0 Å². The highest BCUT2D eigenvalue weighted by Gasteiger charge is 2.07. The van der Waals surface area contributed by atoms with Crippen LogP contribution in [-0.4, -0.2) is 7.11 Å². The number of rotatable bonds is 4. The average Bonchev–Trinajstić information content (AvgIpc) is 2.35. The van der Waals surface area contributed by atoms with Gasteiger partial charge < -0.3 is 9.15 Å². The SMILES string of the molecule is C=C(C)CCc1cc2ccc(=O)oc2cc1OC. The highest BCUT2D eigenvalue weighted by molar-refractivity contribution is 5.79. The van der Waals surface area contributed by atoms with E-state index in [1.807, 2.05) is 13.0 Å². The van der Waals surface area contributed by atoms with Crippen LogP contribution in [0.15, 0.2) is 45.6 Å². The predicted molar refractivity (Wildman–Crippen MR) is 72.2 cm³/mol. The van der Waals surface area contributed by atoms with E-state index in [2.05, 4.69) is 6.58 Å². The highest BCUT2D eigenvalue weighted by atomic mass is 16.5. The van der Waals surface area contributed by atoms with Gasteiger partial charge in [-0.3, -0.25) is 0 Å². The molecular formula is C15H16O3. The highest BCUT2D eigenvalue weighted by Crippen LogP contribution is 2.26. The Kier molecular flexibility index (Phi) is 3.51. The first kappa shape index (κ1) is 12.4. The molecule has 94 valence electrons. The zero-order valence-corrected chi connectivity index (χ0v) is 10.7. The van der Waals surface area contributed by atoms with Crippen molar-refractivity contribution in [3.8, 4) is 5.75 Å². The standard InChI is InChI=1S/C15H16O3/c1-10(2)4-5-11-8-12-6-7-15(16)18-14(12)9-13(11)17-3/h6-9H,1,4-5H2,2-3H3. The van der Waals surface area contributed by atoms with Crippen molar-refractivity contribution in [2.24, 2.45) is 0 Å². The fourth-order valence-corrected chi connectivity index (χ4v) is 1.88. The topological polar surface area (TPSA) is 39.4 Å². The summed E-state index contributed by atoms with van der Waals surface area (Å²) >= 11 is 0. The number of aryl methyl sites for hydroxylation is 1. The predicted octanol–water partition coefficient (Wildman–Crippen LogP) is 3.31. The number of methoxy groups -OCH3 is 1. The minimum absolute atomic E-state index is 0.348. The van der Waals surface area contributed by atoms with E-state index in [9.17, 15) is 4.79 Å². The third kappa shape index (κ3) is 2.62. The average molecular weight is 244 g/mol. The summed E-state index contributed by atoms with van der Waals surface area (Å²) in [5.41, 5.74) is 2.44. The number of benzene rings is 1. The molecule has 0 saturated carbocycles. The second-order valence-electron chi connectivity index (χ2n) is 4.41. The van der Waals surface area contributed by atoms with Gasteiger partial charge in [-0.25, -0.2) is 4.79 Å². The molecule has 1 aromatic heterocycles. The van der Waals surface area contributed by atoms with Gasteiger partial charge in [-0.2, -0.15) is 0 Å². The van der Waals surface area contributed by atoms with Gasteiger partial charge in [0.25, 0.3) is 0 Å². The molecule has 0 radical (unpaired) electrons. The van der Waals surface area contributed by atoms with Gasteiger partial charge in [-0.15, -0.1) is 6.58 Å². The lowest BCUT2D eigenvalue weighted by atomic mass is 10.0. The molecule has 3 heteroatoms. The number of hydrogen-bond donors (Lipinski definition) is 0. The summed E-state index contributed by atoms with van der Waals surface area (Å²) < 4.78 is 10.5. The molecule has 18 heavy (non-hydrogen) atoms. The zero-order valence-electron chi connectivity index (χ0n) is 10.7. The number of fused-ring (bicyclic) bond motifs is 1. The summed E-state index contributed by atoms with van der Waals surface area (Å²) in [5, 5.41) is 0.909. The van der Waals surface area contributed by atoms with E-state index < -0.39 is 0 Å². The molecule has 0 saturated heterocycles. The Morgan fingerprint density at radius 2 is 2.17 bits per heavy atom. The van der Waals surface area contributed by atoms with Crippen LogP contribution in [-0.2, 0) is 6.42 Å². The molecule has 0 fully saturated rings. The lowest BCUT2D eigenvalue weighted by Gasteiger charge is -2.09. The molecule has 0 amide bonds. The number of hydrogen-bond acceptors (Lipinski definition) is 3. The largest absolute Gasteiger partial charge is 0.496 e. The van der Waals surface area contributed by atoms with Crippen LogP contribution in [0.1, 0.15) is 18.9 Å². The van der Waals surface area contributed by atoms with Gasteiger partial charge in [0.1, 0.15) is 11.3 Å². The minimum Gasteiger partial charge on any atom is -0.496 e. The second-order valence-corrected chi connectivity index (χ2v) is 4.41. The van der Waals surface area contributed by atoms with E-state index in [0.29, 0.717) is 5.58 Å². The van der Waals surface area contributed by atoms with Gasteiger partial charge in [-0.05, 0) is 37.5 Å². The van der Waals surface area contributed by atoms with E-state index in [0.717, 1.165) is 35.1 Å². The number of ether oxygens (including phenoxy) is 1. The van der Waals surface area contributed by atoms with Crippen LogP contribution in [0, 0.1) is 0 Å². The van der Waals surface area contributed by atoms with Crippen LogP contribution in [0.2, 0.25) is 0 Å². The van der Waals surface area contributed by atoms with Crippen molar-refractivity contribution in [1.29, 1.82) is 0 Å². The van der Waals surface area contributed by atoms with Gasteiger partial charge >= 0.3 is 5.63 Å². The Morgan fingerprint density at radius 1 is 1.39 bits per heavy atom. The molecule has 1 heterocycles. The lowest BCUT2D eigenvalue weighted by molar-refractivity contribution is 0.409. The van der Waals surface area contributed by atoms with Crippen LogP contribution in [0.5, 0.6) is 5.75 Å². The van der Waals surface area contributed by atoms with Gasteiger partial charge in [0, 0.05) is 17.5 Å². The summed E-state index contributed by atoms with van der Waals surface area (Å²) in [6.07, 6.45) is 1.78. The molecule has 0 N–H and O–H groups in total. The molecule has 0 spiro atoms. The van der Waals surface area contributed by atoms with E-state index in [1.54, 1.807) is 19.2 Å². The molecule has 2 rings (SSSR count). The molecule has 3 nitrogen and oxygen atoms in total. The summed E-state index contributed by atoms with van der Waals surface area (Å²) in [6.45, 7) is 5.91. The summed E-state index contributed by atoms with van der Waals surface area (Å²) in [6, 6.07) is 6.97. The molecule has 1 aromatic carbocycles. The quantitative estimate of drug-likeness (QED) is 0.612. The van der Waals surface area contributed by atoms with Crippen molar-refractivity contribution in [1.82, 2.24) is 0 Å². The molecule has 0 aliphatic heterocycles. The zero-order chi connectivity index (χ0) is 13.1. The van der Waals surface area contributed by atoms with Gasteiger partial charge in [0.2, 0.25) is 0 Å². The molecule has 0 atom stereocenters. The molecule has 0 unspecified atom stereocenters. The third-order valence-electron chi connectivity index (χ3n) is 2.84. The van der Waals surface area contributed by atoms with Crippen molar-refractivity contribution in [3.05, 3.63) is 52.4 Å². The van der Waals surface area contributed by atoms with Crippen LogP contribution >= 0.6 is 0 Å². The van der Waals surface area contributed by atoms with Crippen LogP contribution in [0.3, 0.4) is 0 Å². The summed E-state index contributed by atoms with van der Waals surface area (Å²) in [5.74, 6) is 0.748. The number of allylic oxidation sites excluding steroid dienone is 1. The summed E-state index contributed by atoms with van der Waals surface area (Å²) in [4.78, 5) is 11.2. The lowest BCUT2D eigenvalue weighted by Crippen LogP contribution is -1.97. The fourth-order valence-electron chi connectivity index (χ4n) is 1.88. The molecule has 0 aliphatic rings. The maximum Gasteiger partial charge on any atom is 0.336 e. The second kappa shape index (κ2) is 5.08. The first-order valence-electron chi connectivity index (χ1n) is 5.85. The van der Waals surface area contributed by atoms with Crippen molar-refractivity contribution in [3.63, 3.8) is 0 Å². The van der Waals surface area contributed by atoms with E-state index in [4.69, 9.17) is 9.15 Å². The normalized spacial score (nSPS) is 10.6. The van der Waals surface area contributed by atoms with E-state index in [-0.39, 0.29) is 5.63 Å². The Morgan fingerprint density at radius 3 is 2.83 bits per heavy atom. The first-order chi connectivity index (χ1) is 8.60. The van der Waals surface area contributed by atoms with E-state index in [1.165, 1.54) is 6.07 Å². The molecule has 0 aliphatic carbocycles. The Hall–Kier alpha value is -2.03. The van der Waals surface area contributed by atoms with Crippen LogP contribution < -0.4 is 10.4 Å². The van der Waals surface area contributed by atoms with Crippen molar-refractivity contribution in [2.45, 2.75) is 19.8 Å². The van der Waals surface area contributed by atoms with Crippen LogP contribution in [0.4, 0.5) is 0 Å². The first-order valence-corrected chi connectivity index (χ1v) is 5.85. The summed E-state index contributed by atoms with van der Waals surface area (Å²) in [7, 11) is 1.62. The Bertz CT molecular complexity index is 638. The monoisotopic (exact) mass is 244 g/mol. The van der Waals surface area contributed by atoms with E-state index >= 15 is 0 Å². The van der Waals surface area contributed by atoms with Crippen molar-refractivity contribution in [2.75, 3.05) is 7.11 Å². The third-order valence-corrected chi connectivity index (χ3v) is 2.84. The van der Waals surface area contributed by atoms with Gasteiger partial charge in [-0.1, -0.05) is 5.57 Å². The smallest absolute Gasteiger partial charge is 0.336 e. The Labute approximate surface area is 106 Å². The minimum atomic E-state index is -0.348. The van der Waals surface area contributed by atoms with Gasteiger partial charge in [0.15, 0.2) is 0 Å². The molecular weight excluding hydrogens is 228 g/mol.